The number of rotatable bonds is 4. The molecular formula is C8H21N2+. The molecule has 0 saturated heterocycles. The number of nitrogens with zero attached hydrogens (tertiary/aromatic N) is 2. The molecule has 10 heavy (non-hydrogen) atoms. The van der Waals surface area contributed by atoms with E-state index in [1.54, 1.807) is 0 Å². The van der Waals surface area contributed by atoms with E-state index in [4.69, 9.17) is 0 Å². The maximum absolute atomic E-state index is 2.27. The van der Waals surface area contributed by atoms with Crippen LogP contribution < -0.4 is 0 Å². The van der Waals surface area contributed by atoms with Gasteiger partial charge in [-0.15, -0.1) is 0 Å². The van der Waals surface area contributed by atoms with Crippen LogP contribution in [-0.2, 0) is 0 Å². The van der Waals surface area contributed by atoms with Gasteiger partial charge in [0, 0.05) is 6.54 Å². The minimum absolute atomic E-state index is 1.12. The summed E-state index contributed by atoms with van der Waals surface area (Å²) in [6.45, 7) is 5.87. The summed E-state index contributed by atoms with van der Waals surface area (Å²) in [5.74, 6) is 0. The fourth-order valence-electron chi connectivity index (χ4n) is 0.629. The number of hydrogen-bond donors (Lipinski definition) is 0. The van der Waals surface area contributed by atoms with Crippen molar-refractivity contribution in [3.05, 3.63) is 0 Å². The first-order chi connectivity index (χ1) is 4.48. The quantitative estimate of drug-likeness (QED) is 0.525. The molecule has 0 N–H and O–H groups in total. The zero-order valence-corrected chi connectivity index (χ0v) is 8.02. The molecule has 0 fully saturated rings. The van der Waals surface area contributed by atoms with Crippen molar-refractivity contribution >= 4 is 0 Å². The van der Waals surface area contributed by atoms with Crippen LogP contribution in [0, 0.1) is 0 Å². The van der Waals surface area contributed by atoms with Crippen molar-refractivity contribution in [3.63, 3.8) is 0 Å². The molecular weight excluding hydrogens is 124 g/mol. The first-order valence-electron chi connectivity index (χ1n) is 3.94. The molecule has 62 valence electrons. The summed E-state index contributed by atoms with van der Waals surface area (Å²) < 4.78 is 1.12. The third-order valence-corrected chi connectivity index (χ3v) is 2.01. The van der Waals surface area contributed by atoms with Gasteiger partial charge in [0.15, 0.2) is 0 Å². The molecule has 0 aromatic rings. The molecule has 0 aromatic heterocycles. The lowest BCUT2D eigenvalue weighted by Crippen LogP contribution is -2.43. The normalized spacial score (nSPS) is 12.6. The molecule has 0 radical (unpaired) electrons. The van der Waals surface area contributed by atoms with Crippen LogP contribution in [0.15, 0.2) is 0 Å². The molecule has 2 nitrogen and oxygen atoms in total. The fraction of sp³-hybridized carbons (Fsp3) is 1.00. The highest BCUT2D eigenvalue weighted by atomic mass is 15.3. The Kier molecular flexibility index (Phi) is 3.91. The lowest BCUT2D eigenvalue weighted by molar-refractivity contribution is -0.887. The Morgan fingerprint density at radius 2 is 1.70 bits per heavy atom. The van der Waals surface area contributed by atoms with Crippen LogP contribution in [0.2, 0.25) is 0 Å². The third kappa shape index (κ3) is 4.77. The second kappa shape index (κ2) is 3.94. The summed E-state index contributed by atoms with van der Waals surface area (Å²) in [6.07, 6.45) is 0. The van der Waals surface area contributed by atoms with E-state index in [9.17, 15) is 0 Å². The molecule has 0 heterocycles. The summed E-state index contributed by atoms with van der Waals surface area (Å²) >= 11 is 0. The van der Waals surface area contributed by atoms with E-state index < -0.39 is 0 Å². The highest BCUT2D eigenvalue weighted by molar-refractivity contribution is 4.39. The molecule has 0 atom stereocenters. The van der Waals surface area contributed by atoms with Crippen molar-refractivity contribution in [2.45, 2.75) is 6.92 Å². The van der Waals surface area contributed by atoms with Gasteiger partial charge in [-0.3, -0.25) is 0 Å². The second-order valence-corrected chi connectivity index (χ2v) is 3.78. The Morgan fingerprint density at radius 3 is 2.00 bits per heavy atom. The van der Waals surface area contributed by atoms with Crippen LogP contribution in [0.1, 0.15) is 6.92 Å². The van der Waals surface area contributed by atoms with Crippen LogP contribution in [-0.4, -0.2) is 57.2 Å². The van der Waals surface area contributed by atoms with Crippen molar-refractivity contribution in [1.29, 1.82) is 0 Å². The molecule has 0 spiro atoms. The van der Waals surface area contributed by atoms with E-state index >= 15 is 0 Å². The Bertz CT molecular complexity index is 87.3. The van der Waals surface area contributed by atoms with Crippen molar-refractivity contribution < 1.29 is 4.48 Å². The Balaban J connectivity index is 3.46. The smallest absolute Gasteiger partial charge is 0.0911 e. The topological polar surface area (TPSA) is 3.24 Å². The number of hydrogen-bond acceptors (Lipinski definition) is 1. The Hall–Kier alpha value is -0.0800. The molecule has 0 bridgehead atoms. The average Bonchev–Trinajstić information content (AvgIpc) is 1.85. The minimum atomic E-state index is 1.12. The summed E-state index contributed by atoms with van der Waals surface area (Å²) in [6, 6.07) is 0. The lowest BCUT2D eigenvalue weighted by Gasteiger charge is -2.29. The highest BCUT2D eigenvalue weighted by Gasteiger charge is 2.10. The van der Waals surface area contributed by atoms with E-state index in [0.29, 0.717) is 0 Å². The maximum atomic E-state index is 2.27. The standard InChI is InChI=1S/C8H21N2/c1-6-10(4,5)8-7-9(2)3/h6-8H2,1-5H3/q+1. The van der Waals surface area contributed by atoms with Crippen LogP contribution in [0.3, 0.4) is 0 Å². The molecule has 0 aliphatic heterocycles. The molecule has 0 aliphatic rings. The van der Waals surface area contributed by atoms with Gasteiger partial charge < -0.3 is 9.38 Å². The fourth-order valence-corrected chi connectivity index (χ4v) is 0.629. The van der Waals surface area contributed by atoms with E-state index in [-0.39, 0.29) is 0 Å². The average molecular weight is 145 g/mol. The van der Waals surface area contributed by atoms with Crippen molar-refractivity contribution in [1.82, 2.24) is 4.90 Å². The van der Waals surface area contributed by atoms with Gasteiger partial charge in [-0.1, -0.05) is 0 Å². The van der Waals surface area contributed by atoms with Crippen LogP contribution in [0.4, 0.5) is 0 Å². The summed E-state index contributed by atoms with van der Waals surface area (Å²) in [7, 11) is 8.78. The lowest BCUT2D eigenvalue weighted by atomic mass is 10.4. The van der Waals surface area contributed by atoms with Gasteiger partial charge >= 0.3 is 0 Å². The van der Waals surface area contributed by atoms with Crippen molar-refractivity contribution in [2.24, 2.45) is 0 Å². The van der Waals surface area contributed by atoms with Crippen molar-refractivity contribution in [2.75, 3.05) is 47.8 Å². The summed E-state index contributed by atoms with van der Waals surface area (Å²) in [5.41, 5.74) is 0. The molecule has 0 unspecified atom stereocenters. The Labute approximate surface area is 65.0 Å². The first kappa shape index (κ1) is 9.92. The van der Waals surface area contributed by atoms with E-state index in [2.05, 4.69) is 40.0 Å². The monoisotopic (exact) mass is 145 g/mol. The number of likely N-dealkylation sites (N-methyl/N-ethyl adjacent to an activating group) is 2. The first-order valence-corrected chi connectivity index (χ1v) is 3.94. The predicted octanol–water partition coefficient (Wildman–Crippen LogP) is 0.644. The second-order valence-electron chi connectivity index (χ2n) is 3.78. The summed E-state index contributed by atoms with van der Waals surface area (Å²) in [4.78, 5) is 2.23. The van der Waals surface area contributed by atoms with Gasteiger partial charge in [-0.25, -0.2) is 0 Å². The largest absolute Gasteiger partial charge is 0.328 e. The maximum Gasteiger partial charge on any atom is 0.0911 e. The van der Waals surface area contributed by atoms with Gasteiger partial charge in [0.1, 0.15) is 0 Å². The van der Waals surface area contributed by atoms with E-state index in [1.807, 2.05) is 0 Å². The molecule has 0 aliphatic carbocycles. The van der Waals surface area contributed by atoms with Gasteiger partial charge in [0.2, 0.25) is 0 Å². The molecule has 0 rings (SSSR count). The zero-order chi connectivity index (χ0) is 8.20. The third-order valence-electron chi connectivity index (χ3n) is 2.01. The van der Waals surface area contributed by atoms with E-state index in [1.165, 1.54) is 19.6 Å². The van der Waals surface area contributed by atoms with Crippen molar-refractivity contribution in [3.8, 4) is 0 Å². The minimum Gasteiger partial charge on any atom is -0.328 e. The number of quaternary nitrogens is 1. The molecule has 2 heteroatoms. The molecule has 0 amide bonds. The SMILES string of the molecule is CC[N+](C)(C)CCN(C)C. The molecule has 0 saturated carbocycles. The van der Waals surface area contributed by atoms with Gasteiger partial charge in [-0.2, -0.15) is 0 Å². The zero-order valence-electron chi connectivity index (χ0n) is 8.02. The molecule has 0 aromatic carbocycles. The summed E-state index contributed by atoms with van der Waals surface area (Å²) in [5, 5.41) is 0. The van der Waals surface area contributed by atoms with Crippen LogP contribution >= 0.6 is 0 Å². The van der Waals surface area contributed by atoms with Gasteiger partial charge in [0.25, 0.3) is 0 Å². The highest BCUT2D eigenvalue weighted by Crippen LogP contribution is 1.94. The van der Waals surface area contributed by atoms with Crippen LogP contribution in [0.5, 0.6) is 0 Å². The van der Waals surface area contributed by atoms with Gasteiger partial charge in [-0.05, 0) is 21.0 Å². The van der Waals surface area contributed by atoms with Gasteiger partial charge in [0.05, 0.1) is 27.2 Å². The predicted molar refractivity (Wildman–Crippen MR) is 46.1 cm³/mol. The Morgan fingerprint density at radius 1 is 1.20 bits per heavy atom. The van der Waals surface area contributed by atoms with E-state index in [0.717, 1.165) is 4.48 Å². The van der Waals surface area contributed by atoms with Crippen LogP contribution in [0.25, 0.3) is 0 Å².